The number of halogens is 2. The summed E-state index contributed by atoms with van der Waals surface area (Å²) >= 11 is 11.8. The van der Waals surface area contributed by atoms with Crippen LogP contribution in [-0.4, -0.2) is 18.0 Å². The van der Waals surface area contributed by atoms with Crippen LogP contribution in [0.1, 0.15) is 22.8 Å². The number of carbonyl (C=O) groups excluding carboxylic acids is 2. The molecule has 0 aliphatic heterocycles. The first-order valence-corrected chi connectivity index (χ1v) is 7.63. The highest BCUT2D eigenvalue weighted by Crippen LogP contribution is 2.25. The van der Waals surface area contributed by atoms with Gasteiger partial charge in [0.2, 0.25) is 0 Å². The number of nitrogens with zero attached hydrogens (tertiary/aromatic N) is 1. The van der Waals surface area contributed by atoms with Gasteiger partial charge in [0, 0.05) is 5.02 Å². The van der Waals surface area contributed by atoms with Gasteiger partial charge in [0.15, 0.2) is 6.10 Å². The Labute approximate surface area is 148 Å². The number of esters is 1. The Kier molecular flexibility index (Phi) is 5.80. The number of nitrogens with one attached hydrogen (secondary N) is 1. The monoisotopic (exact) mass is 362 g/mol. The lowest BCUT2D eigenvalue weighted by atomic mass is 10.1. The molecule has 1 amide bonds. The van der Waals surface area contributed by atoms with Crippen molar-refractivity contribution in [2.45, 2.75) is 13.0 Å². The van der Waals surface area contributed by atoms with E-state index in [0.717, 1.165) is 0 Å². The van der Waals surface area contributed by atoms with Gasteiger partial charge in [-0.05, 0) is 49.4 Å². The van der Waals surface area contributed by atoms with E-state index in [1.165, 1.54) is 37.3 Å². The van der Waals surface area contributed by atoms with E-state index in [4.69, 9.17) is 33.2 Å². The van der Waals surface area contributed by atoms with Crippen molar-refractivity contribution in [1.82, 2.24) is 0 Å². The Morgan fingerprint density at radius 1 is 1.17 bits per heavy atom. The van der Waals surface area contributed by atoms with E-state index in [-0.39, 0.29) is 5.56 Å². The molecule has 0 fully saturated rings. The first-order chi connectivity index (χ1) is 11.4. The fourth-order valence-electron chi connectivity index (χ4n) is 1.79. The van der Waals surface area contributed by atoms with Gasteiger partial charge in [0.25, 0.3) is 5.91 Å². The van der Waals surface area contributed by atoms with Crippen LogP contribution in [0, 0.1) is 11.3 Å². The van der Waals surface area contributed by atoms with E-state index < -0.39 is 18.0 Å². The summed E-state index contributed by atoms with van der Waals surface area (Å²) < 4.78 is 5.10. The molecule has 1 atom stereocenters. The van der Waals surface area contributed by atoms with Crippen LogP contribution in [-0.2, 0) is 9.53 Å². The molecule has 2 aromatic rings. The van der Waals surface area contributed by atoms with Gasteiger partial charge in [-0.15, -0.1) is 0 Å². The Morgan fingerprint density at radius 2 is 1.83 bits per heavy atom. The number of ether oxygens (including phenoxy) is 1. The summed E-state index contributed by atoms with van der Waals surface area (Å²) in [5.74, 6) is -1.21. The number of rotatable bonds is 4. The van der Waals surface area contributed by atoms with Crippen LogP contribution in [0.5, 0.6) is 0 Å². The molecule has 0 radical (unpaired) electrons. The highest BCUT2D eigenvalue weighted by molar-refractivity contribution is 6.35. The van der Waals surface area contributed by atoms with Crippen molar-refractivity contribution in [2.24, 2.45) is 0 Å². The number of nitriles is 1. The molecule has 0 saturated heterocycles. The standard InChI is InChI=1S/C17H12Cl2N2O3/c1-10(16(22)21-15-8-13(18)6-7-14(15)19)24-17(23)12-4-2-11(9-20)3-5-12/h2-8,10H,1H3,(H,21,22)/t10-/m0/s1. The van der Waals surface area contributed by atoms with Gasteiger partial charge in [-0.3, -0.25) is 4.79 Å². The molecule has 0 saturated carbocycles. The predicted molar refractivity (Wildman–Crippen MR) is 91.1 cm³/mol. The highest BCUT2D eigenvalue weighted by Gasteiger charge is 2.20. The van der Waals surface area contributed by atoms with Crippen molar-refractivity contribution in [2.75, 3.05) is 5.32 Å². The maximum absolute atomic E-state index is 12.1. The van der Waals surface area contributed by atoms with Crippen LogP contribution < -0.4 is 5.32 Å². The molecule has 0 aliphatic rings. The third-order valence-corrected chi connectivity index (χ3v) is 3.65. The third kappa shape index (κ3) is 4.48. The summed E-state index contributed by atoms with van der Waals surface area (Å²) in [6.07, 6.45) is -1.04. The van der Waals surface area contributed by atoms with E-state index in [9.17, 15) is 9.59 Å². The average Bonchev–Trinajstić information content (AvgIpc) is 2.58. The second-order valence-corrected chi connectivity index (χ2v) is 5.69. The van der Waals surface area contributed by atoms with E-state index >= 15 is 0 Å². The molecule has 1 N–H and O–H groups in total. The van der Waals surface area contributed by atoms with Crippen molar-refractivity contribution < 1.29 is 14.3 Å². The summed E-state index contributed by atoms with van der Waals surface area (Å²) in [6.45, 7) is 1.44. The highest BCUT2D eigenvalue weighted by atomic mass is 35.5. The summed E-state index contributed by atoms with van der Waals surface area (Å²) in [5, 5.41) is 12.0. The van der Waals surface area contributed by atoms with Crippen LogP contribution in [0.3, 0.4) is 0 Å². The number of anilines is 1. The van der Waals surface area contributed by atoms with E-state index in [1.54, 1.807) is 12.1 Å². The summed E-state index contributed by atoms with van der Waals surface area (Å²) in [7, 11) is 0. The summed E-state index contributed by atoms with van der Waals surface area (Å²) in [6, 6.07) is 12.5. The van der Waals surface area contributed by atoms with Crippen molar-refractivity contribution in [3.8, 4) is 6.07 Å². The molecule has 2 rings (SSSR count). The molecule has 0 heterocycles. The zero-order valence-corrected chi connectivity index (χ0v) is 14.1. The molecule has 0 bridgehead atoms. The topological polar surface area (TPSA) is 79.2 Å². The lowest BCUT2D eigenvalue weighted by Gasteiger charge is -2.14. The van der Waals surface area contributed by atoms with E-state index in [1.807, 2.05) is 6.07 Å². The van der Waals surface area contributed by atoms with Gasteiger partial charge >= 0.3 is 5.97 Å². The summed E-state index contributed by atoms with van der Waals surface area (Å²) in [5.41, 5.74) is 0.998. The fourth-order valence-corrected chi connectivity index (χ4v) is 2.13. The van der Waals surface area contributed by atoms with Crippen molar-refractivity contribution in [3.05, 3.63) is 63.6 Å². The fraction of sp³-hybridized carbons (Fsp3) is 0.118. The molecule has 122 valence electrons. The smallest absolute Gasteiger partial charge is 0.338 e. The van der Waals surface area contributed by atoms with Crippen LogP contribution in [0.15, 0.2) is 42.5 Å². The molecule has 0 aromatic heterocycles. The first-order valence-electron chi connectivity index (χ1n) is 6.88. The maximum Gasteiger partial charge on any atom is 0.338 e. The van der Waals surface area contributed by atoms with Gasteiger partial charge < -0.3 is 10.1 Å². The minimum absolute atomic E-state index is 0.245. The maximum atomic E-state index is 12.1. The SMILES string of the molecule is C[C@H](OC(=O)c1ccc(C#N)cc1)C(=O)Nc1cc(Cl)ccc1Cl. The van der Waals surface area contributed by atoms with Gasteiger partial charge in [-0.2, -0.15) is 5.26 Å². The van der Waals surface area contributed by atoms with E-state index in [2.05, 4.69) is 5.32 Å². The quantitative estimate of drug-likeness (QED) is 0.832. The van der Waals surface area contributed by atoms with Gasteiger partial charge in [0.05, 0.1) is 27.9 Å². The predicted octanol–water partition coefficient (Wildman–Crippen LogP) is 4.05. The van der Waals surface area contributed by atoms with Crippen LogP contribution in [0.4, 0.5) is 5.69 Å². The molecule has 7 heteroatoms. The Bertz CT molecular complexity index is 814. The number of amides is 1. The first kappa shape index (κ1) is 17.8. The second-order valence-electron chi connectivity index (χ2n) is 4.85. The molecule has 2 aromatic carbocycles. The Morgan fingerprint density at radius 3 is 2.46 bits per heavy atom. The van der Waals surface area contributed by atoms with Gasteiger partial charge in [-0.1, -0.05) is 23.2 Å². The van der Waals surface area contributed by atoms with E-state index in [0.29, 0.717) is 21.3 Å². The zero-order chi connectivity index (χ0) is 17.7. The van der Waals surface area contributed by atoms with Gasteiger partial charge in [-0.25, -0.2) is 4.79 Å². The average molecular weight is 363 g/mol. The minimum Gasteiger partial charge on any atom is -0.449 e. The van der Waals surface area contributed by atoms with Crippen LogP contribution in [0.25, 0.3) is 0 Å². The Balaban J connectivity index is 2.01. The molecule has 0 aliphatic carbocycles. The van der Waals surface area contributed by atoms with Crippen LogP contribution >= 0.6 is 23.2 Å². The second kappa shape index (κ2) is 7.82. The van der Waals surface area contributed by atoms with Crippen LogP contribution in [0.2, 0.25) is 10.0 Å². The lowest BCUT2D eigenvalue weighted by molar-refractivity contribution is -0.123. The van der Waals surface area contributed by atoms with Gasteiger partial charge in [0.1, 0.15) is 0 Å². The largest absolute Gasteiger partial charge is 0.449 e. The van der Waals surface area contributed by atoms with Crippen molar-refractivity contribution in [1.29, 1.82) is 5.26 Å². The normalized spacial score (nSPS) is 11.2. The molecule has 0 spiro atoms. The zero-order valence-electron chi connectivity index (χ0n) is 12.5. The van der Waals surface area contributed by atoms with Crippen molar-refractivity contribution >= 4 is 40.8 Å². The van der Waals surface area contributed by atoms with Crippen molar-refractivity contribution in [3.63, 3.8) is 0 Å². The number of hydrogen-bond acceptors (Lipinski definition) is 4. The third-order valence-electron chi connectivity index (χ3n) is 3.09. The molecular weight excluding hydrogens is 351 g/mol. The molecule has 5 nitrogen and oxygen atoms in total. The lowest BCUT2D eigenvalue weighted by Crippen LogP contribution is -2.30. The molecule has 0 unspecified atom stereocenters. The summed E-state index contributed by atoms with van der Waals surface area (Å²) in [4.78, 5) is 24.1. The minimum atomic E-state index is -1.04. The Hall–Kier alpha value is -2.55. The number of hydrogen-bond donors (Lipinski definition) is 1. The number of carbonyl (C=O) groups is 2. The number of benzene rings is 2. The molecular formula is C17H12Cl2N2O3. The molecule has 24 heavy (non-hydrogen) atoms.